The van der Waals surface area contributed by atoms with Gasteiger partial charge in [0, 0.05) is 43.4 Å². The molecule has 63 heavy (non-hydrogen) atoms. The van der Waals surface area contributed by atoms with Crippen LogP contribution in [0.25, 0.3) is 122 Å². The first-order valence-electron chi connectivity index (χ1n) is 29.6. The van der Waals surface area contributed by atoms with E-state index in [-0.39, 0.29) is 27.5 Å². The van der Waals surface area contributed by atoms with Gasteiger partial charge in [0.2, 0.25) is 11.9 Å². The van der Waals surface area contributed by atoms with Gasteiger partial charge in [0.15, 0.2) is 5.82 Å². The number of hydrogen-bond acceptors (Lipinski definition) is 4. The molecular weight excluding hydrogens is 771 g/mol. The van der Waals surface area contributed by atoms with Gasteiger partial charge >= 0.3 is 0 Å². The Balaban J connectivity index is 1.11. The highest BCUT2D eigenvalue weighted by atomic mass is 16.3. The van der Waals surface area contributed by atoms with Gasteiger partial charge in [0.1, 0.15) is 11.2 Å². The minimum absolute atomic E-state index is 0.236. The zero-order valence-corrected chi connectivity index (χ0v) is 32.3. The summed E-state index contributed by atoms with van der Waals surface area (Å²) in [6.45, 7) is 0. The van der Waals surface area contributed by atoms with Gasteiger partial charge in [-0.3, -0.25) is 9.13 Å². The summed E-state index contributed by atoms with van der Waals surface area (Å²) in [4.78, 5) is 14.5. The van der Waals surface area contributed by atoms with E-state index in [1.54, 1.807) is 24.3 Å². The molecule has 0 radical (unpaired) electrons. The average molecular weight is 826 g/mol. The van der Waals surface area contributed by atoms with Crippen LogP contribution in [0.5, 0.6) is 0 Å². The van der Waals surface area contributed by atoms with Crippen LogP contribution in [0.3, 0.4) is 0 Å². The number of hydrogen-bond donors (Lipinski definition) is 0. The van der Waals surface area contributed by atoms with Crippen LogP contribution in [0.2, 0.25) is 0 Å². The van der Waals surface area contributed by atoms with Gasteiger partial charge in [-0.1, -0.05) is 182 Å². The highest BCUT2D eigenvalue weighted by Crippen LogP contribution is 2.38. The Labute approximate surface area is 389 Å². The largest absolute Gasteiger partial charge is 0.455 e. The summed E-state index contributed by atoms with van der Waals surface area (Å²) < 4.78 is 188. The van der Waals surface area contributed by atoms with E-state index in [0.717, 1.165) is 53.3 Å². The van der Waals surface area contributed by atoms with E-state index < -0.39 is 171 Å². The Morgan fingerprint density at radius 3 is 1.54 bits per heavy atom. The maximum absolute atomic E-state index is 9.89. The van der Waals surface area contributed by atoms with Gasteiger partial charge in [-0.05, 0) is 58.1 Å². The van der Waals surface area contributed by atoms with Gasteiger partial charge < -0.3 is 4.42 Å². The van der Waals surface area contributed by atoms with E-state index in [4.69, 9.17) is 37.2 Å². The summed E-state index contributed by atoms with van der Waals surface area (Å²) in [5.74, 6) is -1.39. The topological polar surface area (TPSA) is 61.7 Å². The van der Waals surface area contributed by atoms with Crippen LogP contribution in [-0.2, 0) is 0 Å². The zero-order chi connectivity index (χ0) is 58.8. The number of furan rings is 1. The van der Waals surface area contributed by atoms with Gasteiger partial charge in [-0.15, -0.1) is 0 Å². The number of rotatable bonds is 6. The van der Waals surface area contributed by atoms with E-state index >= 15 is 0 Å². The standard InChI is InChI=1S/C57H35N5O/c1-2-13-36(14-3-1)41-33-34-46-45-17-6-10-23-51(45)62(52(46)35-41)57-59-55(58-56(60-57)61-49-21-8-4-15-43(49)44-16-5-9-22-50(44)61)40-31-27-38(28-32-40)37-25-29-39(30-26-37)42-19-12-20-48-47-18-7-11-24-53(47)63-54(42)48/h1-35H/i1D,2D,3D,4D,5D,6D,8D,9D,10D,13D,14D,15D,16D,17D,21D,22D,23D,33D,34D,35D. The molecule has 13 rings (SSSR count). The average Bonchev–Trinajstić information content (AvgIpc) is 2.45. The van der Waals surface area contributed by atoms with Gasteiger partial charge in [-0.25, -0.2) is 0 Å². The number of para-hydroxylation sites is 5. The SMILES string of the molecule is [2H]c1c([2H])c([2H])c(-c2c([2H])c([2H])c3c4c([2H])c([2H])c([2H])c([2H])c4n(-c4nc(-c5ccc(-c6ccc(-c7cccc8c7oc7ccccc78)cc6)cc5)nc(-n5c6c([2H])c([2H])c([2H])c([2H])c6c6c([2H])c([2H])c([2H])c([2H])c65)n4)c3c2[2H])c([2H])c1[2H]. The van der Waals surface area contributed by atoms with Crippen molar-refractivity contribution in [2.75, 3.05) is 0 Å². The molecule has 4 aromatic heterocycles. The van der Waals surface area contributed by atoms with Crippen molar-refractivity contribution in [2.45, 2.75) is 0 Å². The second kappa shape index (κ2) is 14.0. The van der Waals surface area contributed by atoms with Crippen LogP contribution in [-0.4, -0.2) is 24.1 Å². The van der Waals surface area contributed by atoms with Crippen molar-refractivity contribution < 1.29 is 31.8 Å². The van der Waals surface area contributed by atoms with Crippen molar-refractivity contribution in [3.05, 3.63) is 212 Å². The molecule has 0 fully saturated rings. The molecule has 4 heterocycles. The summed E-state index contributed by atoms with van der Waals surface area (Å²) in [6.07, 6.45) is 0. The first-order valence-corrected chi connectivity index (χ1v) is 19.6. The van der Waals surface area contributed by atoms with Crippen molar-refractivity contribution in [1.82, 2.24) is 24.1 Å². The zero-order valence-electron chi connectivity index (χ0n) is 52.3. The predicted molar refractivity (Wildman–Crippen MR) is 258 cm³/mol. The van der Waals surface area contributed by atoms with Crippen LogP contribution < -0.4 is 0 Å². The van der Waals surface area contributed by atoms with Crippen molar-refractivity contribution in [3.8, 4) is 56.7 Å². The molecule has 13 aromatic rings. The molecule has 0 N–H and O–H groups in total. The minimum Gasteiger partial charge on any atom is -0.455 e. The summed E-state index contributed by atoms with van der Waals surface area (Å²) in [6, 6.07) is 13.2. The molecule has 0 atom stereocenters. The predicted octanol–water partition coefficient (Wildman–Crippen LogP) is 14.6. The summed E-state index contributed by atoms with van der Waals surface area (Å²) >= 11 is 0. The first-order chi connectivity index (χ1) is 39.5. The molecule has 0 aliphatic heterocycles. The molecular formula is C57H35N5O. The lowest BCUT2D eigenvalue weighted by atomic mass is 9.98. The Bertz CT molecular complexity index is 4990. The van der Waals surface area contributed by atoms with E-state index in [0.29, 0.717) is 0 Å². The van der Waals surface area contributed by atoms with Gasteiger partial charge in [-0.2, -0.15) is 15.0 Å². The summed E-state index contributed by atoms with van der Waals surface area (Å²) in [5, 5.41) is 0.513. The fraction of sp³-hybridized carbons (Fsp3) is 0. The Morgan fingerprint density at radius 1 is 0.365 bits per heavy atom. The molecule has 0 bridgehead atoms. The van der Waals surface area contributed by atoms with Crippen LogP contribution >= 0.6 is 0 Å². The van der Waals surface area contributed by atoms with Crippen molar-refractivity contribution in [3.63, 3.8) is 0 Å². The highest BCUT2D eigenvalue weighted by Gasteiger charge is 2.21. The molecule has 0 amide bonds. The van der Waals surface area contributed by atoms with Crippen molar-refractivity contribution in [1.29, 1.82) is 0 Å². The number of fused-ring (bicyclic) bond motifs is 9. The third kappa shape index (κ3) is 5.62. The molecule has 294 valence electrons. The van der Waals surface area contributed by atoms with Crippen LogP contribution in [0.4, 0.5) is 0 Å². The van der Waals surface area contributed by atoms with E-state index in [1.165, 1.54) is 0 Å². The second-order valence-electron chi connectivity index (χ2n) is 14.5. The lowest BCUT2D eigenvalue weighted by molar-refractivity contribution is 0.670. The van der Waals surface area contributed by atoms with Gasteiger partial charge in [0.05, 0.1) is 49.5 Å². The number of nitrogens with zero attached hydrogens (tertiary/aromatic N) is 5. The molecule has 0 aliphatic rings. The fourth-order valence-electron chi connectivity index (χ4n) is 8.14. The Kier molecular flexibility index (Phi) is 4.61. The lowest BCUT2D eigenvalue weighted by Gasteiger charge is -2.13. The molecule has 0 unspecified atom stereocenters. The fourth-order valence-corrected chi connectivity index (χ4v) is 8.14. The van der Waals surface area contributed by atoms with Crippen LogP contribution in [0.1, 0.15) is 27.4 Å². The normalized spacial score (nSPS) is 16.3. The first kappa shape index (κ1) is 20.8. The molecule has 0 spiro atoms. The monoisotopic (exact) mass is 825 g/mol. The van der Waals surface area contributed by atoms with E-state index in [1.807, 2.05) is 66.7 Å². The molecule has 6 heteroatoms. The second-order valence-corrected chi connectivity index (χ2v) is 14.5. The van der Waals surface area contributed by atoms with Gasteiger partial charge in [0.25, 0.3) is 0 Å². The highest BCUT2D eigenvalue weighted by molar-refractivity contribution is 6.11. The third-order valence-corrected chi connectivity index (χ3v) is 11.0. The van der Waals surface area contributed by atoms with Crippen LogP contribution in [0, 0.1) is 0 Å². The molecule has 0 saturated heterocycles. The molecule has 6 nitrogen and oxygen atoms in total. The molecule has 0 aliphatic carbocycles. The summed E-state index contributed by atoms with van der Waals surface area (Å²) in [5.41, 5.74) is 2.02. The number of benzene rings is 9. The molecule has 0 saturated carbocycles. The Morgan fingerprint density at radius 2 is 0.889 bits per heavy atom. The van der Waals surface area contributed by atoms with Crippen LogP contribution in [0.15, 0.2) is 216 Å². The summed E-state index contributed by atoms with van der Waals surface area (Å²) in [7, 11) is 0. The maximum Gasteiger partial charge on any atom is 0.240 e. The lowest BCUT2D eigenvalue weighted by Crippen LogP contribution is -2.10. The smallest absolute Gasteiger partial charge is 0.240 e. The third-order valence-electron chi connectivity index (χ3n) is 11.0. The van der Waals surface area contributed by atoms with Crippen molar-refractivity contribution in [2.24, 2.45) is 0 Å². The maximum atomic E-state index is 9.89. The molecule has 9 aromatic carbocycles. The quantitative estimate of drug-likeness (QED) is 0.168. The van der Waals surface area contributed by atoms with Crippen molar-refractivity contribution >= 4 is 65.6 Å². The van der Waals surface area contributed by atoms with E-state index in [9.17, 15) is 9.60 Å². The minimum atomic E-state index is -0.825. The number of aromatic nitrogens is 5. The van der Waals surface area contributed by atoms with E-state index in [2.05, 4.69) is 0 Å². The Hall–Kier alpha value is -8.61.